The molecule has 96 heavy (non-hydrogen) atoms. The van der Waals surface area contributed by atoms with Crippen LogP contribution in [0.1, 0.15) is 39.7 Å². The molecule has 0 saturated heterocycles. The van der Waals surface area contributed by atoms with Crippen molar-refractivity contribution in [1.82, 2.24) is 0 Å². The number of benzene rings is 10. The highest BCUT2D eigenvalue weighted by atomic mass is 32.2. The molecule has 0 radical (unpaired) electrons. The fourth-order valence-corrected chi connectivity index (χ4v) is 11.7. The smallest absolute Gasteiger partial charge is 0.399 e. The van der Waals surface area contributed by atoms with E-state index in [1.54, 1.807) is 55.6 Å². The fourth-order valence-electron chi connectivity index (χ4n) is 10.5. The Kier molecular flexibility index (Phi) is 18.3. The summed E-state index contributed by atoms with van der Waals surface area (Å²) in [4.78, 5) is 0.113. The highest BCUT2D eigenvalue weighted by Gasteiger charge is 3.03. The van der Waals surface area contributed by atoms with Gasteiger partial charge in [0.05, 0.1) is 16.9 Å². The zero-order chi connectivity index (χ0) is 68.4. The minimum atomic E-state index is -5.98. The predicted molar refractivity (Wildman–Crippen MR) is 330 cm³/mol. The van der Waals surface area contributed by atoms with E-state index in [1.807, 2.05) is 48.5 Å². The van der Waals surface area contributed by atoms with Crippen LogP contribution in [0.4, 0.5) is 57.1 Å². The number of hydrogen-bond donors (Lipinski definition) is 0. The van der Waals surface area contributed by atoms with E-state index in [1.165, 1.54) is 66.7 Å². The summed E-state index contributed by atoms with van der Waals surface area (Å²) in [6, 6.07) is 52.5. The number of halogens is 13. The minimum absolute atomic E-state index is 0.0472. The van der Waals surface area contributed by atoms with Gasteiger partial charge in [0.15, 0.2) is 6.26 Å². The summed E-state index contributed by atoms with van der Waals surface area (Å²) < 4.78 is 257. The number of rotatable bonds is 22. The molecule has 11 rings (SSSR count). The molecule has 10 aromatic rings. The van der Waals surface area contributed by atoms with E-state index < -0.39 is 91.8 Å². The molecule has 492 valence electrons. The van der Waals surface area contributed by atoms with Crippen LogP contribution < -0.4 is 33.2 Å². The van der Waals surface area contributed by atoms with Crippen LogP contribution in [0.5, 0.6) is 51.7 Å². The Labute approximate surface area is 540 Å². The molecular weight excluding hydrogens is 1300 g/mol. The highest BCUT2D eigenvalue weighted by Crippen LogP contribution is 2.68. The third-order valence-electron chi connectivity index (χ3n) is 15.5. The zero-order valence-corrected chi connectivity index (χ0v) is 50.4. The van der Waals surface area contributed by atoms with Crippen LogP contribution in [0.2, 0.25) is 0 Å². The number of methoxy groups -OCH3 is 1. The van der Waals surface area contributed by atoms with E-state index in [0.717, 1.165) is 64.4 Å². The van der Waals surface area contributed by atoms with Gasteiger partial charge in [-0.05, 0) is 184 Å². The first-order valence-electron chi connectivity index (χ1n) is 28.7. The number of hydrogen-bond acceptors (Lipinski definition) is 9. The van der Waals surface area contributed by atoms with Crippen molar-refractivity contribution in [3.8, 4) is 74.0 Å². The van der Waals surface area contributed by atoms with Crippen LogP contribution >= 0.6 is 0 Å². The Morgan fingerprint density at radius 1 is 0.396 bits per heavy atom. The summed E-state index contributed by atoms with van der Waals surface area (Å²) in [5.41, 5.74) is 2.03. The lowest BCUT2D eigenvalue weighted by Crippen LogP contribution is -2.89. The zero-order valence-electron chi connectivity index (χ0n) is 49.6. The third kappa shape index (κ3) is 13.5. The molecule has 0 amide bonds. The van der Waals surface area contributed by atoms with Crippen LogP contribution in [-0.2, 0) is 9.84 Å². The normalized spacial score (nSPS) is 17.4. The van der Waals surface area contributed by atoms with Gasteiger partial charge in [-0.25, -0.2) is 8.42 Å². The molecule has 9 nitrogen and oxygen atoms in total. The maximum atomic E-state index is 16.1. The maximum absolute atomic E-state index is 16.1. The van der Waals surface area contributed by atoms with Crippen molar-refractivity contribution >= 4 is 15.9 Å². The SMILES string of the molecule is C=Cc1ccc(C(c2ccc(OC3(F)C(F)(F)C(F)(F)C3(F)Oc3ccc(C(c4ccc(O/C(F)=C\Oc5ccc(-c6ccc(Oc7ccc(S(=O)(=O)c8ccc(Oc9ccc(-c%10ccc(OC)cc%10)cc9)cc8)cc7)cc6)cc5)cc4)C(F)(F)F)cc3)cc2)C(F)(F)F)cc1. The van der Waals surface area contributed by atoms with Gasteiger partial charge in [0, 0.05) is 0 Å². The van der Waals surface area contributed by atoms with Gasteiger partial charge < -0.3 is 33.2 Å². The first kappa shape index (κ1) is 66.8. The average Bonchev–Trinajstić information content (AvgIpc) is 0.656. The molecule has 1 aliphatic rings. The van der Waals surface area contributed by atoms with Crippen LogP contribution in [0, 0.1) is 0 Å². The van der Waals surface area contributed by atoms with Gasteiger partial charge in [-0.3, -0.25) is 0 Å². The van der Waals surface area contributed by atoms with E-state index in [0.29, 0.717) is 83.4 Å². The van der Waals surface area contributed by atoms with Crippen molar-refractivity contribution in [2.24, 2.45) is 0 Å². The average molecular weight is 1350 g/mol. The summed E-state index contributed by atoms with van der Waals surface area (Å²) >= 11 is 0. The van der Waals surface area contributed by atoms with Crippen LogP contribution in [-0.4, -0.2) is 51.4 Å². The fraction of sp³-hybridized carbons (Fsp3) is 0.123. The van der Waals surface area contributed by atoms with Gasteiger partial charge in [-0.1, -0.05) is 122 Å². The molecule has 0 bridgehead atoms. The largest absolute Gasteiger partial charge is 0.497 e. The van der Waals surface area contributed by atoms with Crippen molar-refractivity contribution in [3.63, 3.8) is 0 Å². The summed E-state index contributed by atoms with van der Waals surface area (Å²) in [5.74, 6) is -27.3. The second-order valence-electron chi connectivity index (χ2n) is 21.7. The van der Waals surface area contributed by atoms with E-state index in [2.05, 4.69) is 16.1 Å². The van der Waals surface area contributed by atoms with Crippen molar-refractivity contribution in [1.29, 1.82) is 0 Å². The van der Waals surface area contributed by atoms with Gasteiger partial charge in [0.1, 0.15) is 63.6 Å². The third-order valence-corrected chi connectivity index (χ3v) is 17.3. The Hall–Kier alpha value is -10.7. The Morgan fingerprint density at radius 3 is 0.990 bits per heavy atom. The molecule has 0 spiro atoms. The van der Waals surface area contributed by atoms with Gasteiger partial charge in [0.2, 0.25) is 9.84 Å². The van der Waals surface area contributed by atoms with Crippen LogP contribution in [0.25, 0.3) is 28.3 Å². The number of alkyl halides is 12. The molecule has 1 saturated carbocycles. The molecule has 0 N–H and O–H groups in total. The van der Waals surface area contributed by atoms with Crippen molar-refractivity contribution in [2.45, 2.75) is 57.5 Å². The topological polar surface area (TPSA) is 98.8 Å². The van der Waals surface area contributed by atoms with E-state index in [9.17, 15) is 56.7 Å². The first-order valence-corrected chi connectivity index (χ1v) is 30.2. The number of sulfone groups is 1. The molecule has 0 aliphatic heterocycles. The van der Waals surface area contributed by atoms with E-state index in [4.69, 9.17) is 23.7 Å². The van der Waals surface area contributed by atoms with Gasteiger partial charge >= 0.3 is 41.9 Å². The maximum Gasteiger partial charge on any atom is 0.399 e. The number of ether oxygens (including phenoxy) is 7. The quantitative estimate of drug-likeness (QED) is 0.0485. The molecule has 10 aromatic carbocycles. The summed E-state index contributed by atoms with van der Waals surface area (Å²) in [6.45, 7) is 3.52. The van der Waals surface area contributed by atoms with Gasteiger partial charge in [-0.2, -0.15) is 57.1 Å². The lowest BCUT2D eigenvalue weighted by Gasteiger charge is -2.55. The Bertz CT molecular complexity index is 4500. The standard InChI is InChI=1S/C73H49F13O9S/c1-3-45-4-6-50(7-5-45)66(68(75,76)77)52-18-32-61(33-19-52)94-72(85)70(81,82)71(83,84)73(72,86)95-62-34-20-53(21-35-62)67(69(78,79)80)51-16-30-60(31-17-51)93-65(74)44-90-55-24-10-47(11-25-55)49-14-28-57(29-15-49)92-59-38-42-64(43-39-59)96(87,88)63-40-36-58(37-41-63)91-56-26-12-48(13-27-56)46-8-22-54(89-2)23-9-46/h3-44,66-67H,1H2,2H3/b65-44-. The Morgan fingerprint density at radius 2 is 0.677 bits per heavy atom. The van der Waals surface area contributed by atoms with Crippen LogP contribution in [0.3, 0.4) is 0 Å². The minimum Gasteiger partial charge on any atom is -0.497 e. The molecule has 0 aromatic heterocycles. The second-order valence-corrected chi connectivity index (χ2v) is 23.6. The summed E-state index contributed by atoms with van der Waals surface area (Å²) in [5, 5.41) is 0. The molecule has 1 fully saturated rings. The highest BCUT2D eigenvalue weighted by molar-refractivity contribution is 7.91. The summed E-state index contributed by atoms with van der Waals surface area (Å²) in [7, 11) is -2.30. The van der Waals surface area contributed by atoms with E-state index in [-0.39, 0.29) is 26.9 Å². The lowest BCUT2D eigenvalue weighted by molar-refractivity contribution is -0.527. The molecule has 1 aliphatic carbocycles. The summed E-state index contributed by atoms with van der Waals surface area (Å²) in [6.07, 6.45) is -8.05. The predicted octanol–water partition coefficient (Wildman–Crippen LogP) is 20.8. The van der Waals surface area contributed by atoms with Gasteiger partial charge in [-0.15, -0.1) is 0 Å². The Balaban J connectivity index is 0.663. The van der Waals surface area contributed by atoms with Crippen molar-refractivity contribution < 1.29 is 98.7 Å². The van der Waals surface area contributed by atoms with Crippen molar-refractivity contribution in [3.05, 3.63) is 289 Å². The second kappa shape index (κ2) is 26.3. The van der Waals surface area contributed by atoms with Gasteiger partial charge in [0.25, 0.3) is 0 Å². The molecule has 4 atom stereocenters. The monoisotopic (exact) mass is 1350 g/mol. The molecule has 0 heterocycles. The van der Waals surface area contributed by atoms with Crippen molar-refractivity contribution in [2.75, 3.05) is 7.11 Å². The van der Waals surface area contributed by atoms with Crippen LogP contribution in [0.15, 0.2) is 271 Å². The molecular formula is C73H49F13O9S. The lowest BCUT2D eigenvalue weighted by atomic mass is 9.76. The first-order chi connectivity index (χ1) is 45.6. The van der Waals surface area contributed by atoms with E-state index >= 15 is 8.78 Å². The molecule has 23 heteroatoms. The molecule has 4 unspecified atom stereocenters.